The van der Waals surface area contributed by atoms with Gasteiger partial charge in [0.2, 0.25) is 0 Å². The Morgan fingerprint density at radius 3 is 2.81 bits per heavy atom. The van der Waals surface area contributed by atoms with Crippen molar-refractivity contribution in [2.24, 2.45) is 0 Å². The van der Waals surface area contributed by atoms with Crippen molar-refractivity contribution in [3.63, 3.8) is 0 Å². The van der Waals surface area contributed by atoms with Crippen LogP contribution < -0.4 is 5.32 Å². The fourth-order valence-electron chi connectivity index (χ4n) is 1.62. The highest BCUT2D eigenvalue weighted by Gasteiger charge is 2.12. The van der Waals surface area contributed by atoms with E-state index >= 15 is 0 Å². The van der Waals surface area contributed by atoms with E-state index in [1.807, 2.05) is 0 Å². The molecule has 1 N–H and O–H groups in total. The van der Waals surface area contributed by atoms with Gasteiger partial charge in [0, 0.05) is 12.7 Å². The van der Waals surface area contributed by atoms with Gasteiger partial charge in [0.25, 0.3) is 5.91 Å². The monoisotopic (exact) mass is 310 g/mol. The Labute approximate surface area is 125 Å². The van der Waals surface area contributed by atoms with Crippen LogP contribution in [0.25, 0.3) is 11.3 Å². The second kappa shape index (κ2) is 7.82. The minimum atomic E-state index is -0.314. The summed E-state index contributed by atoms with van der Waals surface area (Å²) in [5, 5.41) is 3.35. The van der Waals surface area contributed by atoms with E-state index in [1.165, 1.54) is 23.5 Å². The van der Waals surface area contributed by atoms with Crippen LogP contribution in [0.15, 0.2) is 29.8 Å². The lowest BCUT2D eigenvalue weighted by atomic mass is 10.1. The van der Waals surface area contributed by atoms with E-state index in [0.717, 1.165) is 5.56 Å². The molecule has 0 bridgehead atoms. The van der Waals surface area contributed by atoms with Gasteiger partial charge in [-0.2, -0.15) is 0 Å². The van der Waals surface area contributed by atoms with Crippen LogP contribution in [-0.4, -0.2) is 37.8 Å². The molecule has 0 saturated heterocycles. The molecule has 0 unspecified atom stereocenters. The maximum Gasteiger partial charge on any atom is 0.251 e. The third-order valence-corrected chi connectivity index (χ3v) is 3.34. The number of nitrogens with one attached hydrogen (secondary N) is 1. The molecule has 0 saturated carbocycles. The molecule has 0 spiro atoms. The van der Waals surface area contributed by atoms with E-state index in [-0.39, 0.29) is 18.3 Å². The van der Waals surface area contributed by atoms with Crippen molar-refractivity contribution in [3.8, 4) is 11.3 Å². The molecule has 0 fully saturated rings. The summed E-state index contributed by atoms with van der Waals surface area (Å²) in [6.07, 6.45) is 0. The maximum atomic E-state index is 12.9. The molecular weight excluding hydrogens is 295 g/mol. The second-order valence-corrected chi connectivity index (χ2v) is 4.99. The van der Waals surface area contributed by atoms with Crippen LogP contribution in [0.5, 0.6) is 0 Å². The SMILES string of the molecule is COCCOCC(=O)Nc1scnc1-c1ccc(F)cc1. The zero-order valence-corrected chi connectivity index (χ0v) is 12.3. The van der Waals surface area contributed by atoms with Crippen molar-refractivity contribution >= 4 is 22.2 Å². The Bertz CT molecular complexity index is 586. The lowest BCUT2D eigenvalue weighted by Crippen LogP contribution is -2.19. The molecule has 7 heteroatoms. The Kier molecular flexibility index (Phi) is 5.79. The fraction of sp³-hybridized carbons (Fsp3) is 0.286. The molecule has 1 aromatic carbocycles. The van der Waals surface area contributed by atoms with Crippen LogP contribution >= 0.6 is 11.3 Å². The summed E-state index contributed by atoms with van der Waals surface area (Å²) in [4.78, 5) is 16.0. The molecule has 0 aliphatic carbocycles. The van der Waals surface area contributed by atoms with E-state index in [1.54, 1.807) is 24.8 Å². The smallest absolute Gasteiger partial charge is 0.251 e. The molecule has 0 aliphatic rings. The molecule has 112 valence electrons. The van der Waals surface area contributed by atoms with Crippen LogP contribution in [0.4, 0.5) is 9.39 Å². The first-order valence-corrected chi connectivity index (χ1v) is 7.14. The normalized spacial score (nSPS) is 10.6. The minimum Gasteiger partial charge on any atom is -0.382 e. The first-order chi connectivity index (χ1) is 10.2. The average Bonchev–Trinajstić information content (AvgIpc) is 2.92. The average molecular weight is 310 g/mol. The Morgan fingerprint density at radius 1 is 1.33 bits per heavy atom. The van der Waals surface area contributed by atoms with Crippen molar-refractivity contribution in [1.82, 2.24) is 4.98 Å². The number of amides is 1. The number of carbonyl (C=O) groups is 1. The van der Waals surface area contributed by atoms with Gasteiger partial charge in [-0.3, -0.25) is 4.79 Å². The molecule has 2 aromatic rings. The van der Waals surface area contributed by atoms with Gasteiger partial charge in [-0.05, 0) is 24.3 Å². The van der Waals surface area contributed by atoms with Crippen molar-refractivity contribution in [2.45, 2.75) is 0 Å². The highest BCUT2D eigenvalue weighted by molar-refractivity contribution is 7.14. The van der Waals surface area contributed by atoms with E-state index in [9.17, 15) is 9.18 Å². The lowest BCUT2D eigenvalue weighted by Gasteiger charge is -2.06. The van der Waals surface area contributed by atoms with E-state index in [0.29, 0.717) is 23.9 Å². The molecule has 0 radical (unpaired) electrons. The summed E-state index contributed by atoms with van der Waals surface area (Å²) in [5.41, 5.74) is 2.98. The highest BCUT2D eigenvalue weighted by atomic mass is 32.1. The van der Waals surface area contributed by atoms with Crippen molar-refractivity contribution in [3.05, 3.63) is 35.6 Å². The number of aromatic nitrogens is 1. The van der Waals surface area contributed by atoms with Crippen LogP contribution in [0, 0.1) is 5.82 Å². The van der Waals surface area contributed by atoms with Gasteiger partial charge in [0.15, 0.2) is 0 Å². The molecule has 5 nitrogen and oxygen atoms in total. The molecule has 1 heterocycles. The first-order valence-electron chi connectivity index (χ1n) is 6.26. The summed E-state index contributed by atoms with van der Waals surface area (Å²) in [6.45, 7) is 0.746. The number of rotatable bonds is 7. The van der Waals surface area contributed by atoms with Gasteiger partial charge in [-0.25, -0.2) is 9.37 Å². The lowest BCUT2D eigenvalue weighted by molar-refractivity contribution is -0.121. The quantitative estimate of drug-likeness (QED) is 0.798. The number of nitrogens with zero attached hydrogens (tertiary/aromatic N) is 1. The predicted molar refractivity (Wildman–Crippen MR) is 78.8 cm³/mol. The zero-order chi connectivity index (χ0) is 15.1. The second-order valence-electron chi connectivity index (χ2n) is 4.13. The zero-order valence-electron chi connectivity index (χ0n) is 11.5. The predicted octanol–water partition coefficient (Wildman–Crippen LogP) is 2.55. The number of benzene rings is 1. The molecule has 0 atom stereocenters. The number of methoxy groups -OCH3 is 1. The van der Waals surface area contributed by atoms with E-state index < -0.39 is 0 Å². The van der Waals surface area contributed by atoms with Crippen LogP contribution in [0.2, 0.25) is 0 Å². The first kappa shape index (κ1) is 15.6. The number of hydrogen-bond donors (Lipinski definition) is 1. The molecule has 1 amide bonds. The van der Waals surface area contributed by atoms with Gasteiger partial charge in [-0.15, -0.1) is 11.3 Å². The molecular formula is C14H15FN2O3S. The van der Waals surface area contributed by atoms with Gasteiger partial charge < -0.3 is 14.8 Å². The third kappa shape index (κ3) is 4.59. The Morgan fingerprint density at radius 2 is 2.10 bits per heavy atom. The number of anilines is 1. The highest BCUT2D eigenvalue weighted by Crippen LogP contribution is 2.30. The maximum absolute atomic E-state index is 12.9. The number of thiazole rings is 1. The third-order valence-electron chi connectivity index (χ3n) is 2.60. The summed E-state index contributed by atoms with van der Waals surface area (Å²) in [5.74, 6) is -0.579. The van der Waals surface area contributed by atoms with Crippen LogP contribution in [-0.2, 0) is 14.3 Å². The Hall–Kier alpha value is -1.83. The van der Waals surface area contributed by atoms with Crippen LogP contribution in [0.3, 0.4) is 0 Å². The molecule has 21 heavy (non-hydrogen) atoms. The number of carbonyl (C=O) groups excluding carboxylic acids is 1. The number of ether oxygens (including phenoxy) is 2. The summed E-state index contributed by atoms with van der Waals surface area (Å²) in [6, 6.07) is 5.95. The van der Waals surface area contributed by atoms with Gasteiger partial charge >= 0.3 is 0 Å². The van der Waals surface area contributed by atoms with Gasteiger partial charge in [0.1, 0.15) is 23.1 Å². The summed E-state index contributed by atoms with van der Waals surface area (Å²) in [7, 11) is 1.57. The van der Waals surface area contributed by atoms with Crippen molar-refractivity contribution < 1.29 is 18.7 Å². The van der Waals surface area contributed by atoms with E-state index in [4.69, 9.17) is 9.47 Å². The van der Waals surface area contributed by atoms with Gasteiger partial charge in [-0.1, -0.05) is 0 Å². The van der Waals surface area contributed by atoms with E-state index in [2.05, 4.69) is 10.3 Å². The number of hydrogen-bond acceptors (Lipinski definition) is 5. The van der Waals surface area contributed by atoms with Gasteiger partial charge in [0.05, 0.1) is 18.7 Å². The topological polar surface area (TPSA) is 60.5 Å². The van der Waals surface area contributed by atoms with Crippen LogP contribution in [0.1, 0.15) is 0 Å². The Balaban J connectivity index is 1.97. The molecule has 2 rings (SSSR count). The van der Waals surface area contributed by atoms with Crippen molar-refractivity contribution in [1.29, 1.82) is 0 Å². The van der Waals surface area contributed by atoms with Crippen molar-refractivity contribution in [2.75, 3.05) is 32.2 Å². The number of halogens is 1. The largest absolute Gasteiger partial charge is 0.382 e. The standard InChI is InChI=1S/C14H15FN2O3S/c1-19-6-7-20-8-12(18)17-14-13(16-9-21-14)10-2-4-11(15)5-3-10/h2-5,9H,6-8H2,1H3,(H,17,18). The molecule has 1 aromatic heterocycles. The minimum absolute atomic E-state index is 0.0515. The summed E-state index contributed by atoms with van der Waals surface area (Å²) >= 11 is 1.30. The summed E-state index contributed by atoms with van der Waals surface area (Å²) < 4.78 is 22.9. The molecule has 0 aliphatic heterocycles. The fourth-order valence-corrected chi connectivity index (χ4v) is 2.34.